The molecule has 0 unspecified atom stereocenters. The summed E-state index contributed by atoms with van der Waals surface area (Å²) < 4.78 is 5.38. The zero-order valence-electron chi connectivity index (χ0n) is 14.2. The van der Waals surface area contributed by atoms with E-state index in [9.17, 15) is 9.59 Å². The Balaban J connectivity index is 1.51. The molecule has 0 atom stereocenters. The van der Waals surface area contributed by atoms with Gasteiger partial charge in [0.25, 0.3) is 11.8 Å². The van der Waals surface area contributed by atoms with Gasteiger partial charge in [-0.25, -0.2) is 0 Å². The van der Waals surface area contributed by atoms with Crippen LogP contribution in [-0.2, 0) is 4.79 Å². The lowest BCUT2D eigenvalue weighted by atomic mass is 10.1. The third-order valence-corrected chi connectivity index (χ3v) is 4.69. The molecule has 2 aliphatic heterocycles. The zero-order valence-corrected chi connectivity index (χ0v) is 14.2. The Labute approximate surface area is 142 Å². The highest BCUT2D eigenvalue weighted by atomic mass is 16.5. The van der Waals surface area contributed by atoms with Gasteiger partial charge in [-0.1, -0.05) is 6.42 Å². The van der Waals surface area contributed by atoms with E-state index in [2.05, 4.69) is 10.2 Å². The van der Waals surface area contributed by atoms with Crippen LogP contribution in [0.5, 0.6) is 5.75 Å². The number of likely N-dealkylation sites (tertiary alicyclic amines) is 1. The summed E-state index contributed by atoms with van der Waals surface area (Å²) in [6, 6.07) is 5.20. The number of amides is 2. The highest BCUT2D eigenvalue weighted by Gasteiger charge is 2.23. The van der Waals surface area contributed by atoms with Gasteiger partial charge < -0.3 is 19.9 Å². The van der Waals surface area contributed by atoms with Gasteiger partial charge in [0.15, 0.2) is 6.61 Å². The Hall–Kier alpha value is -2.08. The average molecular weight is 331 g/mol. The number of rotatable bonds is 5. The number of nitrogens with one attached hydrogen (secondary N) is 1. The number of carbonyl (C=O) groups excluding carboxylic acids is 2. The lowest BCUT2D eigenvalue weighted by molar-refractivity contribution is -0.120. The van der Waals surface area contributed by atoms with Crippen LogP contribution in [0.3, 0.4) is 0 Å². The van der Waals surface area contributed by atoms with Crippen LogP contribution in [-0.4, -0.2) is 56.5 Å². The number of nitrogens with zero attached hydrogens (tertiary/aromatic N) is 2. The first-order chi connectivity index (χ1) is 11.6. The quantitative estimate of drug-likeness (QED) is 0.834. The molecule has 0 radical (unpaired) electrons. The zero-order chi connectivity index (χ0) is 16.9. The van der Waals surface area contributed by atoms with Crippen LogP contribution < -0.4 is 15.0 Å². The molecule has 1 aromatic carbocycles. The first-order valence-electron chi connectivity index (χ1n) is 8.69. The number of anilines is 1. The van der Waals surface area contributed by atoms with Crippen LogP contribution in [0.2, 0.25) is 0 Å². The number of benzene rings is 1. The van der Waals surface area contributed by atoms with Gasteiger partial charge in [-0.05, 0) is 57.1 Å². The molecule has 6 heteroatoms. The number of hydrogen-bond donors (Lipinski definition) is 1. The number of piperidine rings is 1. The summed E-state index contributed by atoms with van der Waals surface area (Å²) in [5.41, 5.74) is 1.20. The Bertz CT molecular complexity index is 612. The highest BCUT2D eigenvalue weighted by molar-refractivity contribution is 6.00. The Morgan fingerprint density at radius 3 is 2.83 bits per heavy atom. The van der Waals surface area contributed by atoms with Crippen LogP contribution in [0.15, 0.2) is 18.2 Å². The maximum Gasteiger partial charge on any atom is 0.264 e. The van der Waals surface area contributed by atoms with Crippen LogP contribution in [0, 0.1) is 0 Å². The second-order valence-electron chi connectivity index (χ2n) is 6.44. The van der Waals surface area contributed by atoms with E-state index in [1.165, 1.54) is 37.3 Å². The molecular formula is C18H25N3O3. The van der Waals surface area contributed by atoms with Gasteiger partial charge in [-0.2, -0.15) is 0 Å². The van der Waals surface area contributed by atoms with Crippen molar-refractivity contribution in [1.29, 1.82) is 0 Å². The van der Waals surface area contributed by atoms with Gasteiger partial charge in [0, 0.05) is 19.2 Å². The molecule has 0 bridgehead atoms. The smallest absolute Gasteiger partial charge is 0.264 e. The van der Waals surface area contributed by atoms with Gasteiger partial charge in [-0.15, -0.1) is 0 Å². The van der Waals surface area contributed by atoms with Gasteiger partial charge in [0.05, 0.1) is 5.69 Å². The van der Waals surface area contributed by atoms with Crippen molar-refractivity contribution in [2.24, 2.45) is 0 Å². The summed E-state index contributed by atoms with van der Waals surface area (Å²) >= 11 is 0. The van der Waals surface area contributed by atoms with Crippen molar-refractivity contribution in [3.63, 3.8) is 0 Å². The predicted molar refractivity (Wildman–Crippen MR) is 92.6 cm³/mol. The maximum atomic E-state index is 12.3. The van der Waals surface area contributed by atoms with E-state index in [0.29, 0.717) is 23.5 Å². The monoisotopic (exact) mass is 331 g/mol. The Kier molecular flexibility index (Phi) is 5.35. The molecule has 0 saturated carbocycles. The van der Waals surface area contributed by atoms with E-state index in [-0.39, 0.29) is 18.4 Å². The first kappa shape index (κ1) is 16.8. The Morgan fingerprint density at radius 1 is 1.25 bits per heavy atom. The minimum absolute atomic E-state index is 0.0472. The van der Waals surface area contributed by atoms with Crippen LogP contribution in [0.4, 0.5) is 5.69 Å². The van der Waals surface area contributed by atoms with Crippen molar-refractivity contribution in [3.8, 4) is 5.75 Å². The molecule has 1 saturated heterocycles. The molecule has 1 N–H and O–H groups in total. The molecule has 1 fully saturated rings. The number of ether oxygens (including phenoxy) is 1. The molecule has 2 heterocycles. The van der Waals surface area contributed by atoms with Gasteiger partial charge in [0.2, 0.25) is 0 Å². The average Bonchev–Trinajstić information content (AvgIpc) is 2.62. The van der Waals surface area contributed by atoms with Crippen molar-refractivity contribution in [1.82, 2.24) is 10.2 Å². The second kappa shape index (κ2) is 7.66. The van der Waals surface area contributed by atoms with Gasteiger partial charge in [-0.3, -0.25) is 9.59 Å². The van der Waals surface area contributed by atoms with Crippen molar-refractivity contribution in [3.05, 3.63) is 23.8 Å². The molecule has 130 valence electrons. The fraction of sp³-hybridized carbons (Fsp3) is 0.556. The molecule has 2 aliphatic rings. The highest BCUT2D eigenvalue weighted by Crippen LogP contribution is 2.31. The second-order valence-corrected chi connectivity index (χ2v) is 6.44. The summed E-state index contributed by atoms with van der Waals surface area (Å²) in [4.78, 5) is 28.0. The third-order valence-electron chi connectivity index (χ3n) is 4.69. The lowest BCUT2D eigenvalue weighted by Gasteiger charge is -2.26. The van der Waals surface area contributed by atoms with E-state index in [1.807, 2.05) is 0 Å². The molecular weight excluding hydrogens is 306 g/mol. The molecule has 2 amide bonds. The largest absolute Gasteiger partial charge is 0.482 e. The fourth-order valence-electron chi connectivity index (χ4n) is 3.20. The summed E-state index contributed by atoms with van der Waals surface area (Å²) in [5, 5.41) is 2.96. The normalized spacial score (nSPS) is 18.0. The van der Waals surface area contributed by atoms with E-state index in [4.69, 9.17) is 4.74 Å². The van der Waals surface area contributed by atoms with Gasteiger partial charge >= 0.3 is 0 Å². The maximum absolute atomic E-state index is 12.3. The minimum Gasteiger partial charge on any atom is -0.482 e. The number of fused-ring (bicyclic) bond motifs is 1. The molecule has 24 heavy (non-hydrogen) atoms. The van der Waals surface area contributed by atoms with Gasteiger partial charge in [0.1, 0.15) is 5.75 Å². The first-order valence-corrected chi connectivity index (χ1v) is 8.69. The predicted octanol–water partition coefficient (Wildman–Crippen LogP) is 1.65. The van der Waals surface area contributed by atoms with E-state index < -0.39 is 0 Å². The molecule has 1 aromatic rings. The standard InChI is InChI=1S/C18H25N3O3/c1-20-15-12-14(6-7-16(15)24-13-17(20)22)18(23)19-8-5-11-21-9-3-2-4-10-21/h6-7,12H,2-5,8-11,13H2,1H3,(H,19,23). The van der Waals surface area contributed by atoms with E-state index in [1.54, 1.807) is 25.2 Å². The van der Waals surface area contributed by atoms with Crippen LogP contribution in [0.25, 0.3) is 0 Å². The van der Waals surface area contributed by atoms with Crippen molar-refractivity contribution >= 4 is 17.5 Å². The summed E-state index contributed by atoms with van der Waals surface area (Å²) in [5.74, 6) is 0.420. The lowest BCUT2D eigenvalue weighted by Crippen LogP contribution is -2.36. The van der Waals surface area contributed by atoms with E-state index >= 15 is 0 Å². The fourth-order valence-corrected chi connectivity index (χ4v) is 3.20. The molecule has 0 aromatic heterocycles. The number of carbonyl (C=O) groups is 2. The summed E-state index contributed by atoms with van der Waals surface area (Å²) in [6.45, 7) is 4.11. The minimum atomic E-state index is -0.110. The molecule has 6 nitrogen and oxygen atoms in total. The Morgan fingerprint density at radius 2 is 2.04 bits per heavy atom. The number of likely N-dealkylation sites (N-methyl/N-ethyl adjacent to an activating group) is 1. The van der Waals surface area contributed by atoms with Crippen LogP contribution >= 0.6 is 0 Å². The van der Waals surface area contributed by atoms with Crippen molar-refractivity contribution in [2.45, 2.75) is 25.7 Å². The number of hydrogen-bond acceptors (Lipinski definition) is 4. The van der Waals surface area contributed by atoms with Crippen LogP contribution in [0.1, 0.15) is 36.0 Å². The summed E-state index contributed by atoms with van der Waals surface area (Å²) in [6.07, 6.45) is 4.87. The topological polar surface area (TPSA) is 61.9 Å². The van der Waals surface area contributed by atoms with Crippen molar-refractivity contribution < 1.29 is 14.3 Å². The molecule has 0 aliphatic carbocycles. The van der Waals surface area contributed by atoms with E-state index in [0.717, 1.165) is 13.0 Å². The SMILES string of the molecule is CN1C(=O)COc2ccc(C(=O)NCCCN3CCCCC3)cc21. The molecule has 0 spiro atoms. The van der Waals surface area contributed by atoms with Crippen molar-refractivity contribution in [2.75, 3.05) is 44.7 Å². The summed E-state index contributed by atoms with van der Waals surface area (Å²) in [7, 11) is 1.70. The molecule has 3 rings (SSSR count). The third kappa shape index (κ3) is 3.87.